The molecule has 4 fully saturated rings. The number of aliphatic hydroxyl groups excluding tert-OH is 1. The van der Waals surface area contributed by atoms with Crippen molar-refractivity contribution in [1.82, 2.24) is 9.97 Å². The second-order valence-electron chi connectivity index (χ2n) is 11.0. The molecule has 1 spiro atoms. The van der Waals surface area contributed by atoms with Gasteiger partial charge in [-0.25, -0.2) is 4.98 Å². The largest absolute Gasteiger partial charge is 0.394 e. The first-order valence-corrected chi connectivity index (χ1v) is 14.0. The number of aliphatic hydroxyl groups is 1. The maximum Gasteiger partial charge on any atom is 0.227 e. The maximum atomic E-state index is 13.4. The third-order valence-corrected chi connectivity index (χ3v) is 11.1. The van der Waals surface area contributed by atoms with E-state index in [1.807, 2.05) is 12.1 Å². The zero-order valence-electron chi connectivity index (χ0n) is 19.2. The zero-order chi connectivity index (χ0) is 23.1. The van der Waals surface area contributed by atoms with Crippen LogP contribution in [0.3, 0.4) is 0 Å². The van der Waals surface area contributed by atoms with E-state index in [2.05, 4.69) is 27.2 Å². The Morgan fingerprint density at radius 1 is 1.03 bits per heavy atom. The van der Waals surface area contributed by atoms with Gasteiger partial charge in [-0.2, -0.15) is 4.98 Å². The SMILES string of the molecule is O=[S@@]1c2c(nc(N3CC4CN(c5ccc(Cl)cc5)CC4C3)nc2NC2(CO)CCC2)CC12CC2. The fraction of sp³-hybridized carbons (Fsp3) is 0.600. The summed E-state index contributed by atoms with van der Waals surface area (Å²) in [7, 11) is -1.07. The van der Waals surface area contributed by atoms with Gasteiger partial charge in [0.2, 0.25) is 5.95 Å². The minimum absolute atomic E-state index is 0.0767. The molecule has 2 N–H and O–H groups in total. The maximum absolute atomic E-state index is 13.4. The Balaban J connectivity index is 1.15. The topological polar surface area (TPSA) is 81.6 Å². The smallest absolute Gasteiger partial charge is 0.227 e. The second kappa shape index (κ2) is 7.55. The van der Waals surface area contributed by atoms with Crippen molar-refractivity contribution in [1.29, 1.82) is 0 Å². The summed E-state index contributed by atoms with van der Waals surface area (Å²) in [6.45, 7) is 4.01. The van der Waals surface area contributed by atoms with Crippen LogP contribution in [-0.2, 0) is 17.2 Å². The molecule has 7 rings (SSSR count). The van der Waals surface area contributed by atoms with E-state index in [1.54, 1.807) is 0 Å². The summed E-state index contributed by atoms with van der Waals surface area (Å²) in [5.74, 6) is 2.61. The number of aromatic nitrogens is 2. The van der Waals surface area contributed by atoms with Crippen molar-refractivity contribution < 1.29 is 9.32 Å². The standard InChI is InChI=1S/C25H30ClN5O2S/c26-18-2-4-19(5-3-18)30-11-16-13-31(14-17(16)12-30)23-27-20-10-25(8-9-25)34(33)21(20)22(28-23)29-24(15-32)6-1-7-24/h2-5,16-17,32H,1,6-15H2,(H,27,28,29)/t16?,17?,34-/m1/s1. The fourth-order valence-electron chi connectivity index (χ4n) is 6.31. The average molecular weight is 500 g/mol. The number of rotatable bonds is 5. The molecule has 3 atom stereocenters. The van der Waals surface area contributed by atoms with Crippen molar-refractivity contribution in [2.24, 2.45) is 11.8 Å². The molecule has 2 saturated heterocycles. The number of hydrogen-bond donors (Lipinski definition) is 2. The molecular formula is C25H30ClN5O2S. The monoisotopic (exact) mass is 499 g/mol. The van der Waals surface area contributed by atoms with Gasteiger partial charge in [0, 0.05) is 55.1 Å². The van der Waals surface area contributed by atoms with Crippen LogP contribution in [0.2, 0.25) is 5.02 Å². The van der Waals surface area contributed by atoms with Crippen LogP contribution in [0.4, 0.5) is 17.5 Å². The first-order valence-electron chi connectivity index (χ1n) is 12.4. The van der Waals surface area contributed by atoms with E-state index in [0.717, 1.165) is 86.3 Å². The van der Waals surface area contributed by atoms with Gasteiger partial charge < -0.3 is 20.2 Å². The minimum atomic E-state index is -1.07. The third kappa shape index (κ3) is 3.28. The summed E-state index contributed by atoms with van der Waals surface area (Å²) in [6, 6.07) is 8.13. The van der Waals surface area contributed by atoms with Gasteiger partial charge in [0.15, 0.2) is 0 Å². The normalized spacial score (nSPS) is 29.8. The van der Waals surface area contributed by atoms with Crippen molar-refractivity contribution in [2.75, 3.05) is 47.9 Å². The van der Waals surface area contributed by atoms with Crippen molar-refractivity contribution in [2.45, 2.75) is 53.7 Å². The highest BCUT2D eigenvalue weighted by Crippen LogP contribution is 2.54. The van der Waals surface area contributed by atoms with Crippen LogP contribution in [0.1, 0.15) is 37.8 Å². The summed E-state index contributed by atoms with van der Waals surface area (Å²) in [6.07, 6.45) is 5.73. The molecule has 4 heterocycles. The molecule has 1 aromatic carbocycles. The number of nitrogens with one attached hydrogen (secondary N) is 1. The van der Waals surface area contributed by atoms with Crippen molar-refractivity contribution >= 4 is 39.9 Å². The summed E-state index contributed by atoms with van der Waals surface area (Å²) in [5.41, 5.74) is 1.86. The lowest BCUT2D eigenvalue weighted by atomic mass is 9.77. The van der Waals surface area contributed by atoms with E-state index in [0.29, 0.717) is 17.7 Å². The Bertz CT molecular complexity index is 1150. The van der Waals surface area contributed by atoms with Crippen LogP contribution in [-0.4, -0.2) is 62.4 Å². The van der Waals surface area contributed by atoms with Crippen LogP contribution < -0.4 is 15.1 Å². The Labute approximate surface area is 207 Å². The third-order valence-electron chi connectivity index (χ3n) is 8.76. The number of nitrogens with zero attached hydrogens (tertiary/aromatic N) is 4. The van der Waals surface area contributed by atoms with Crippen LogP contribution in [0.5, 0.6) is 0 Å². The van der Waals surface area contributed by atoms with Gasteiger partial charge in [-0.05, 0) is 56.4 Å². The molecule has 5 aliphatic rings. The zero-order valence-corrected chi connectivity index (χ0v) is 20.7. The molecule has 0 radical (unpaired) electrons. The molecule has 0 amide bonds. The lowest BCUT2D eigenvalue weighted by Crippen LogP contribution is -2.48. The quantitative estimate of drug-likeness (QED) is 0.653. The average Bonchev–Trinajstić information content (AvgIpc) is 3.17. The van der Waals surface area contributed by atoms with Crippen molar-refractivity contribution in [3.8, 4) is 0 Å². The highest BCUT2D eigenvalue weighted by molar-refractivity contribution is 7.87. The molecule has 2 aliphatic carbocycles. The first-order chi connectivity index (χ1) is 16.5. The summed E-state index contributed by atoms with van der Waals surface area (Å²) in [4.78, 5) is 15.5. The van der Waals surface area contributed by atoms with Crippen LogP contribution in [0.15, 0.2) is 29.2 Å². The molecule has 9 heteroatoms. The van der Waals surface area contributed by atoms with Gasteiger partial charge >= 0.3 is 0 Å². The van der Waals surface area contributed by atoms with Crippen molar-refractivity contribution in [3.05, 3.63) is 35.0 Å². The summed E-state index contributed by atoms with van der Waals surface area (Å²) < 4.78 is 13.3. The van der Waals surface area contributed by atoms with Gasteiger partial charge in [0.05, 0.1) is 33.4 Å². The Morgan fingerprint density at radius 3 is 2.29 bits per heavy atom. The molecular weight excluding hydrogens is 470 g/mol. The summed E-state index contributed by atoms with van der Waals surface area (Å²) >= 11 is 6.07. The van der Waals surface area contributed by atoms with E-state index >= 15 is 0 Å². The van der Waals surface area contributed by atoms with E-state index < -0.39 is 10.8 Å². The molecule has 2 aromatic rings. The molecule has 180 valence electrons. The van der Waals surface area contributed by atoms with Gasteiger partial charge in [0.1, 0.15) is 10.7 Å². The van der Waals surface area contributed by atoms with Crippen LogP contribution >= 0.6 is 11.6 Å². The first kappa shape index (κ1) is 21.4. The molecule has 2 unspecified atom stereocenters. The Morgan fingerprint density at radius 2 is 1.71 bits per heavy atom. The molecule has 7 nitrogen and oxygen atoms in total. The number of fused-ring (bicyclic) bond motifs is 2. The number of benzene rings is 1. The highest BCUT2D eigenvalue weighted by atomic mass is 35.5. The van der Waals surface area contributed by atoms with Gasteiger partial charge in [-0.15, -0.1) is 0 Å². The molecule has 0 bridgehead atoms. The lowest BCUT2D eigenvalue weighted by Gasteiger charge is -2.41. The fourth-order valence-corrected chi connectivity index (χ4v) is 8.21. The van der Waals surface area contributed by atoms with Gasteiger partial charge in [-0.1, -0.05) is 11.6 Å². The van der Waals surface area contributed by atoms with Crippen LogP contribution in [0, 0.1) is 11.8 Å². The molecule has 1 aromatic heterocycles. The van der Waals surface area contributed by atoms with E-state index in [-0.39, 0.29) is 16.9 Å². The molecule has 2 saturated carbocycles. The van der Waals surface area contributed by atoms with Crippen LogP contribution in [0.25, 0.3) is 0 Å². The number of anilines is 3. The van der Waals surface area contributed by atoms with Crippen molar-refractivity contribution in [3.63, 3.8) is 0 Å². The van der Waals surface area contributed by atoms with Gasteiger partial charge in [-0.3, -0.25) is 4.21 Å². The number of hydrogen-bond acceptors (Lipinski definition) is 7. The van der Waals surface area contributed by atoms with E-state index in [1.165, 1.54) is 5.69 Å². The van der Waals surface area contributed by atoms with E-state index in [4.69, 9.17) is 21.6 Å². The molecule has 34 heavy (non-hydrogen) atoms. The Kier molecular flexibility index (Phi) is 4.75. The number of halogens is 1. The predicted molar refractivity (Wildman–Crippen MR) is 134 cm³/mol. The lowest BCUT2D eigenvalue weighted by molar-refractivity contribution is 0.143. The Hall–Kier alpha value is -1.90. The summed E-state index contributed by atoms with van der Waals surface area (Å²) in [5, 5.41) is 14.4. The predicted octanol–water partition coefficient (Wildman–Crippen LogP) is 3.23. The highest BCUT2D eigenvalue weighted by Gasteiger charge is 2.56. The van der Waals surface area contributed by atoms with Gasteiger partial charge in [0.25, 0.3) is 0 Å². The minimum Gasteiger partial charge on any atom is -0.394 e. The van der Waals surface area contributed by atoms with E-state index in [9.17, 15) is 9.32 Å². The second-order valence-corrected chi connectivity index (χ2v) is 13.2. The molecule has 3 aliphatic heterocycles.